The first-order chi connectivity index (χ1) is 9.58. The van der Waals surface area contributed by atoms with Crippen LogP contribution in [-0.4, -0.2) is 0 Å². The summed E-state index contributed by atoms with van der Waals surface area (Å²) in [5.74, 6) is 2.74. The van der Waals surface area contributed by atoms with Crippen molar-refractivity contribution in [1.82, 2.24) is 0 Å². The van der Waals surface area contributed by atoms with Crippen molar-refractivity contribution < 1.29 is 16.5 Å². The Balaban J connectivity index is 0.000000364. The second-order valence-electron chi connectivity index (χ2n) is 6.39. The molecular weight excluding hydrogens is 299 g/mol. The molecule has 0 radical (unpaired) electrons. The molecule has 0 aromatic carbocycles. The third-order valence-electron chi connectivity index (χ3n) is 3.63. The number of hydrogen-bond donors (Lipinski definition) is 0. The minimum absolute atomic E-state index is 0. The van der Waals surface area contributed by atoms with Crippen molar-refractivity contribution >= 4 is 0 Å². The Hall–Kier alpha value is -0.546. The summed E-state index contributed by atoms with van der Waals surface area (Å²) >= 11 is 0. The summed E-state index contributed by atoms with van der Waals surface area (Å²) in [6, 6.07) is 0. The zero-order chi connectivity index (χ0) is 14.8. The van der Waals surface area contributed by atoms with Crippen LogP contribution in [0.15, 0.2) is 36.5 Å². The van der Waals surface area contributed by atoms with E-state index in [0.717, 1.165) is 12.8 Å². The maximum absolute atomic E-state index is 3.31. The maximum Gasteiger partial charge on any atom is 2.00 e. The van der Waals surface area contributed by atoms with E-state index in [9.17, 15) is 0 Å². The molecule has 0 aromatic rings. The van der Waals surface area contributed by atoms with Gasteiger partial charge in [-0.25, -0.2) is 0 Å². The Morgan fingerprint density at radius 3 is 1.43 bits per heavy atom. The molecular formula is C20H30Ni. The third-order valence-corrected chi connectivity index (χ3v) is 3.63. The molecule has 1 heteroatoms. The van der Waals surface area contributed by atoms with E-state index in [2.05, 4.69) is 76.3 Å². The molecule has 0 saturated heterocycles. The first-order valence-electron chi connectivity index (χ1n) is 8.04. The van der Waals surface area contributed by atoms with Gasteiger partial charge in [-0.1, -0.05) is 75.7 Å². The second-order valence-corrected chi connectivity index (χ2v) is 6.39. The van der Waals surface area contributed by atoms with Crippen LogP contribution in [0.4, 0.5) is 0 Å². The van der Waals surface area contributed by atoms with E-state index >= 15 is 0 Å². The summed E-state index contributed by atoms with van der Waals surface area (Å²) in [4.78, 5) is 0. The average Bonchev–Trinajstić information content (AvgIpc) is 2.35. The van der Waals surface area contributed by atoms with Gasteiger partial charge >= 0.3 is 16.5 Å². The van der Waals surface area contributed by atoms with Crippen molar-refractivity contribution in [2.45, 2.75) is 53.4 Å². The van der Waals surface area contributed by atoms with Crippen LogP contribution in [0.5, 0.6) is 0 Å². The molecule has 0 fully saturated rings. The van der Waals surface area contributed by atoms with Crippen LogP contribution in [0.3, 0.4) is 0 Å². The van der Waals surface area contributed by atoms with Crippen molar-refractivity contribution in [2.75, 3.05) is 0 Å². The van der Waals surface area contributed by atoms with Crippen molar-refractivity contribution in [3.05, 3.63) is 48.6 Å². The van der Waals surface area contributed by atoms with Gasteiger partial charge in [0.15, 0.2) is 0 Å². The standard InChI is InChI=1S/2C10H15.Ni/c2*1-9-5-3-7-10(2)8-4-6-9;/h2*3,5,8-10H,6-7H2,1-2H3;/q2*-1;+2. The Labute approximate surface area is 142 Å². The van der Waals surface area contributed by atoms with E-state index in [4.69, 9.17) is 0 Å². The fraction of sp³-hybridized carbons (Fsp3) is 0.600. The second kappa shape index (κ2) is 12.0. The Bertz CT molecular complexity index is 290. The zero-order valence-corrected chi connectivity index (χ0v) is 14.9. The fourth-order valence-electron chi connectivity index (χ4n) is 2.23. The molecule has 2 aliphatic rings. The van der Waals surface area contributed by atoms with E-state index in [-0.39, 0.29) is 16.5 Å². The van der Waals surface area contributed by atoms with Gasteiger partial charge in [-0.15, -0.1) is 0 Å². The molecule has 120 valence electrons. The summed E-state index contributed by atoms with van der Waals surface area (Å²) in [5.41, 5.74) is 0. The van der Waals surface area contributed by atoms with Gasteiger partial charge in [0.25, 0.3) is 0 Å². The third kappa shape index (κ3) is 10.8. The molecule has 0 aliphatic heterocycles. The molecule has 0 aromatic heterocycles. The van der Waals surface area contributed by atoms with Gasteiger partial charge < -0.3 is 12.2 Å². The summed E-state index contributed by atoms with van der Waals surface area (Å²) in [5, 5.41) is 0. The Kier molecular flexibility index (Phi) is 11.7. The zero-order valence-electron chi connectivity index (χ0n) is 13.9. The van der Waals surface area contributed by atoms with Gasteiger partial charge in [-0.2, -0.15) is 12.8 Å². The topological polar surface area (TPSA) is 0 Å². The van der Waals surface area contributed by atoms with Crippen LogP contribution in [0.2, 0.25) is 0 Å². The summed E-state index contributed by atoms with van der Waals surface area (Å²) in [6.07, 6.45) is 24.7. The predicted molar refractivity (Wildman–Crippen MR) is 89.0 cm³/mol. The summed E-state index contributed by atoms with van der Waals surface area (Å²) in [6.45, 7) is 8.92. The van der Waals surface area contributed by atoms with Crippen molar-refractivity contribution in [1.29, 1.82) is 0 Å². The van der Waals surface area contributed by atoms with Crippen molar-refractivity contribution in [3.8, 4) is 0 Å². The van der Waals surface area contributed by atoms with Gasteiger partial charge in [0, 0.05) is 0 Å². The summed E-state index contributed by atoms with van der Waals surface area (Å²) < 4.78 is 0. The van der Waals surface area contributed by atoms with Crippen LogP contribution in [-0.2, 0) is 16.5 Å². The van der Waals surface area contributed by atoms with E-state index < -0.39 is 0 Å². The Morgan fingerprint density at radius 2 is 1.05 bits per heavy atom. The number of hydrogen-bond acceptors (Lipinski definition) is 0. The van der Waals surface area contributed by atoms with E-state index in [0.29, 0.717) is 23.7 Å². The molecule has 21 heavy (non-hydrogen) atoms. The molecule has 4 atom stereocenters. The molecule has 0 saturated carbocycles. The monoisotopic (exact) mass is 328 g/mol. The van der Waals surface area contributed by atoms with Crippen molar-refractivity contribution in [3.63, 3.8) is 0 Å². The van der Waals surface area contributed by atoms with Crippen LogP contribution < -0.4 is 0 Å². The molecule has 0 heterocycles. The van der Waals surface area contributed by atoms with Crippen molar-refractivity contribution in [2.24, 2.45) is 23.7 Å². The minimum atomic E-state index is 0. The number of allylic oxidation sites excluding steroid dienone is 8. The van der Waals surface area contributed by atoms with Gasteiger partial charge in [0.05, 0.1) is 0 Å². The van der Waals surface area contributed by atoms with Gasteiger partial charge in [-0.3, -0.25) is 12.2 Å². The molecule has 0 bridgehead atoms. The smallest absolute Gasteiger partial charge is 0.500 e. The molecule has 4 unspecified atom stereocenters. The van der Waals surface area contributed by atoms with Crippen LogP contribution in [0, 0.1) is 35.8 Å². The van der Waals surface area contributed by atoms with Gasteiger partial charge in [0.2, 0.25) is 0 Å². The maximum atomic E-state index is 3.31. The van der Waals surface area contributed by atoms with E-state index in [1.54, 1.807) is 0 Å². The first kappa shape index (κ1) is 20.5. The fourth-order valence-corrected chi connectivity index (χ4v) is 2.23. The van der Waals surface area contributed by atoms with E-state index in [1.807, 2.05) is 0 Å². The normalized spacial score (nSPS) is 31.8. The molecule has 0 nitrogen and oxygen atoms in total. The van der Waals surface area contributed by atoms with Crippen LogP contribution in [0.1, 0.15) is 53.4 Å². The SMILES string of the molecule is CC1C=CCC(C)C=[C-]C1.CC1C=CCC(C)C=[C-]C1.[Ni+2]. The average molecular weight is 329 g/mol. The largest absolute Gasteiger partial charge is 2.00 e. The molecule has 0 spiro atoms. The quantitative estimate of drug-likeness (QED) is 0.293. The molecule has 2 aliphatic carbocycles. The van der Waals surface area contributed by atoms with Gasteiger partial charge in [0.1, 0.15) is 0 Å². The molecule has 0 amide bonds. The minimum Gasteiger partial charge on any atom is -0.500 e. The predicted octanol–water partition coefficient (Wildman–Crippen LogP) is 5.93. The van der Waals surface area contributed by atoms with Crippen LogP contribution >= 0.6 is 0 Å². The molecule has 2 rings (SSSR count). The van der Waals surface area contributed by atoms with E-state index in [1.165, 1.54) is 12.8 Å². The molecule has 0 N–H and O–H groups in total. The van der Waals surface area contributed by atoms with Crippen LogP contribution in [0.25, 0.3) is 0 Å². The Morgan fingerprint density at radius 1 is 0.667 bits per heavy atom. The number of rotatable bonds is 0. The first-order valence-corrected chi connectivity index (χ1v) is 8.04. The van der Waals surface area contributed by atoms with Gasteiger partial charge in [-0.05, 0) is 12.8 Å². The summed E-state index contributed by atoms with van der Waals surface area (Å²) in [7, 11) is 0.